The summed E-state index contributed by atoms with van der Waals surface area (Å²) in [4.78, 5) is 25.3. The van der Waals surface area contributed by atoms with E-state index in [-0.39, 0.29) is 28.8 Å². The summed E-state index contributed by atoms with van der Waals surface area (Å²) >= 11 is 0. The second-order valence-electron chi connectivity index (χ2n) is 11.4. The van der Waals surface area contributed by atoms with Crippen LogP contribution in [0, 0.1) is 46.3 Å². The maximum Gasteiger partial charge on any atom is 0.305 e. The van der Waals surface area contributed by atoms with Gasteiger partial charge in [-0.05, 0) is 91.8 Å². The van der Waals surface area contributed by atoms with Gasteiger partial charge in [0.25, 0.3) is 0 Å². The van der Waals surface area contributed by atoms with Gasteiger partial charge in [-0.3, -0.25) is 9.59 Å². The number of esters is 1. The van der Waals surface area contributed by atoms with Crippen LogP contribution in [0.2, 0.25) is 0 Å². The van der Waals surface area contributed by atoms with E-state index in [9.17, 15) is 14.7 Å². The first-order valence-corrected chi connectivity index (χ1v) is 12.0. The molecule has 0 heterocycles. The van der Waals surface area contributed by atoms with Crippen molar-refractivity contribution < 1.29 is 19.4 Å². The Morgan fingerprint density at radius 2 is 1.93 bits per heavy atom. The predicted molar refractivity (Wildman–Crippen MR) is 112 cm³/mol. The second kappa shape index (κ2) is 7.66. The number of fused-ring (bicyclic) bond motifs is 5. The van der Waals surface area contributed by atoms with Gasteiger partial charge in [0.15, 0.2) is 0 Å². The number of carbonyl (C=O) groups excluding carboxylic acids is 2. The summed E-state index contributed by atoms with van der Waals surface area (Å²) in [7, 11) is 1.46. The van der Waals surface area contributed by atoms with Crippen molar-refractivity contribution in [1.82, 2.24) is 0 Å². The number of Topliss-reactive ketones (excluding diaryl/α,β-unsaturated/α-hetero) is 1. The summed E-state index contributed by atoms with van der Waals surface area (Å²) < 4.78 is 4.84. The largest absolute Gasteiger partial charge is 0.469 e. The van der Waals surface area contributed by atoms with Gasteiger partial charge in [0.1, 0.15) is 5.78 Å². The molecule has 164 valence electrons. The van der Waals surface area contributed by atoms with Crippen molar-refractivity contribution in [3.8, 4) is 0 Å². The summed E-state index contributed by atoms with van der Waals surface area (Å²) in [5, 5.41) is 10.2. The molecule has 4 aliphatic carbocycles. The minimum atomic E-state index is -0.167. The third kappa shape index (κ3) is 3.38. The highest BCUT2D eigenvalue weighted by Gasteiger charge is 2.63. The van der Waals surface area contributed by atoms with E-state index in [1.165, 1.54) is 26.4 Å². The van der Waals surface area contributed by atoms with Crippen LogP contribution < -0.4 is 0 Å². The standard InChI is InChI=1S/C25H40O4/c1-15(5-10-22(28)29-4)19-8-9-20-18-7-6-16-13-17(26)11-12-24(16,2)23(18)21(27)14-25(19,20)3/h15-20,23,26H,5-14H2,1-4H3/t15-,16+,17+,18+,19-,20+,23-,24+,25-/m1/s1. The lowest BCUT2D eigenvalue weighted by atomic mass is 9.44. The Hall–Kier alpha value is -0.900. The van der Waals surface area contributed by atoms with Crippen LogP contribution in [0.25, 0.3) is 0 Å². The number of hydrogen-bond acceptors (Lipinski definition) is 4. The van der Waals surface area contributed by atoms with Crippen molar-refractivity contribution in [3.63, 3.8) is 0 Å². The van der Waals surface area contributed by atoms with Crippen molar-refractivity contribution in [3.05, 3.63) is 0 Å². The smallest absolute Gasteiger partial charge is 0.305 e. The molecule has 4 fully saturated rings. The highest BCUT2D eigenvalue weighted by Crippen LogP contribution is 2.67. The van der Waals surface area contributed by atoms with Crippen LogP contribution in [0.5, 0.6) is 0 Å². The normalized spacial score (nSPS) is 47.7. The Labute approximate surface area is 176 Å². The highest BCUT2D eigenvalue weighted by molar-refractivity contribution is 5.84. The van der Waals surface area contributed by atoms with Crippen LogP contribution in [-0.2, 0) is 14.3 Å². The number of ether oxygens (including phenoxy) is 1. The molecule has 4 saturated carbocycles. The molecule has 9 atom stereocenters. The van der Waals surface area contributed by atoms with E-state index in [1.54, 1.807) is 0 Å². The molecule has 0 bridgehead atoms. The molecule has 0 aromatic carbocycles. The van der Waals surface area contributed by atoms with Gasteiger partial charge in [-0.15, -0.1) is 0 Å². The zero-order valence-electron chi connectivity index (χ0n) is 18.8. The van der Waals surface area contributed by atoms with Gasteiger partial charge in [0.2, 0.25) is 0 Å². The Bertz CT molecular complexity index is 659. The molecular formula is C25H40O4. The summed E-state index contributed by atoms with van der Waals surface area (Å²) in [6.07, 6.45) is 9.42. The number of aliphatic hydroxyl groups is 1. The number of aliphatic hydroxyl groups excluding tert-OH is 1. The Morgan fingerprint density at radius 3 is 2.66 bits per heavy atom. The minimum Gasteiger partial charge on any atom is -0.469 e. The summed E-state index contributed by atoms with van der Waals surface area (Å²) in [6, 6.07) is 0. The van der Waals surface area contributed by atoms with Gasteiger partial charge in [0, 0.05) is 18.8 Å². The molecule has 0 radical (unpaired) electrons. The number of carbonyl (C=O) groups is 2. The molecule has 0 saturated heterocycles. The molecule has 0 aromatic rings. The molecular weight excluding hydrogens is 364 g/mol. The van der Waals surface area contributed by atoms with Crippen molar-refractivity contribution in [2.24, 2.45) is 46.3 Å². The van der Waals surface area contributed by atoms with Crippen LogP contribution >= 0.6 is 0 Å². The molecule has 4 aliphatic rings. The summed E-state index contributed by atoms with van der Waals surface area (Å²) in [5.74, 6) is 3.24. The zero-order valence-corrected chi connectivity index (χ0v) is 18.8. The molecule has 4 nitrogen and oxygen atoms in total. The van der Waals surface area contributed by atoms with E-state index in [1.807, 2.05) is 0 Å². The maximum absolute atomic E-state index is 13.7. The molecule has 4 rings (SSSR count). The van der Waals surface area contributed by atoms with Crippen molar-refractivity contribution in [2.75, 3.05) is 7.11 Å². The van der Waals surface area contributed by atoms with Crippen molar-refractivity contribution >= 4 is 11.8 Å². The Morgan fingerprint density at radius 1 is 1.17 bits per heavy atom. The first-order valence-electron chi connectivity index (χ1n) is 12.0. The lowest BCUT2D eigenvalue weighted by molar-refractivity contribution is -0.162. The van der Waals surface area contributed by atoms with Crippen LogP contribution in [-0.4, -0.2) is 30.1 Å². The van der Waals surface area contributed by atoms with E-state index >= 15 is 0 Å². The topological polar surface area (TPSA) is 63.6 Å². The third-order valence-corrected chi connectivity index (χ3v) is 10.1. The van der Waals surface area contributed by atoms with E-state index in [4.69, 9.17) is 4.74 Å². The van der Waals surface area contributed by atoms with Gasteiger partial charge in [-0.2, -0.15) is 0 Å². The molecule has 4 heteroatoms. The Kier molecular flexibility index (Phi) is 5.63. The maximum atomic E-state index is 13.7. The SMILES string of the molecule is COC(=O)CC[C@@H](C)[C@H]1CC[C@H]2[C@@H]3CC[C@H]4C[C@@H](O)CC[C@]4(C)[C@H]3C(=O)C[C@]12C. The average Bonchev–Trinajstić information content (AvgIpc) is 3.02. The van der Waals surface area contributed by atoms with Crippen LogP contribution in [0.4, 0.5) is 0 Å². The third-order valence-electron chi connectivity index (χ3n) is 10.1. The quantitative estimate of drug-likeness (QED) is 0.685. The lowest BCUT2D eigenvalue weighted by Gasteiger charge is -2.60. The lowest BCUT2D eigenvalue weighted by Crippen LogP contribution is -2.57. The number of methoxy groups -OCH3 is 1. The first-order chi connectivity index (χ1) is 13.7. The van der Waals surface area contributed by atoms with Gasteiger partial charge < -0.3 is 9.84 Å². The van der Waals surface area contributed by atoms with E-state index in [0.29, 0.717) is 41.8 Å². The molecule has 0 amide bonds. The van der Waals surface area contributed by atoms with Crippen LogP contribution in [0.15, 0.2) is 0 Å². The van der Waals surface area contributed by atoms with Gasteiger partial charge >= 0.3 is 5.97 Å². The first kappa shape index (κ1) is 21.3. The molecule has 0 unspecified atom stereocenters. The number of hydrogen-bond donors (Lipinski definition) is 1. The Balaban J connectivity index is 1.54. The summed E-state index contributed by atoms with van der Waals surface area (Å²) in [6.45, 7) is 7.03. The van der Waals surface area contributed by atoms with Crippen LogP contribution in [0.1, 0.15) is 85.0 Å². The monoisotopic (exact) mass is 404 g/mol. The number of rotatable bonds is 4. The number of ketones is 1. The van der Waals surface area contributed by atoms with Gasteiger partial charge in [-0.1, -0.05) is 20.8 Å². The molecule has 0 aromatic heterocycles. The second-order valence-corrected chi connectivity index (χ2v) is 11.4. The fraction of sp³-hybridized carbons (Fsp3) is 0.920. The molecule has 0 aliphatic heterocycles. The minimum absolute atomic E-state index is 0.0885. The summed E-state index contributed by atoms with van der Waals surface area (Å²) in [5.41, 5.74) is 0.181. The molecule has 1 N–H and O–H groups in total. The van der Waals surface area contributed by atoms with Gasteiger partial charge in [0.05, 0.1) is 13.2 Å². The van der Waals surface area contributed by atoms with E-state index in [2.05, 4.69) is 20.8 Å². The molecule has 0 spiro atoms. The van der Waals surface area contributed by atoms with Gasteiger partial charge in [-0.25, -0.2) is 0 Å². The fourth-order valence-electron chi connectivity index (χ4n) is 8.67. The zero-order chi connectivity index (χ0) is 21.0. The van der Waals surface area contributed by atoms with E-state index < -0.39 is 0 Å². The average molecular weight is 405 g/mol. The fourth-order valence-corrected chi connectivity index (χ4v) is 8.67. The highest BCUT2D eigenvalue weighted by atomic mass is 16.5. The van der Waals surface area contributed by atoms with Crippen LogP contribution in [0.3, 0.4) is 0 Å². The van der Waals surface area contributed by atoms with Crippen molar-refractivity contribution in [2.45, 2.75) is 91.1 Å². The predicted octanol–water partition coefficient (Wildman–Crippen LogP) is 4.77. The molecule has 29 heavy (non-hydrogen) atoms. The van der Waals surface area contributed by atoms with Crippen molar-refractivity contribution in [1.29, 1.82) is 0 Å². The van der Waals surface area contributed by atoms with E-state index in [0.717, 1.165) is 38.5 Å².